The van der Waals surface area contributed by atoms with Gasteiger partial charge in [-0.25, -0.2) is 0 Å². The van der Waals surface area contributed by atoms with Gasteiger partial charge in [0, 0.05) is 0 Å². The second kappa shape index (κ2) is 4.76. The molecule has 0 heterocycles. The number of amides is 1. The Morgan fingerprint density at radius 3 is 2.57 bits per heavy atom. The molecule has 72 valence electrons. The summed E-state index contributed by atoms with van der Waals surface area (Å²) >= 11 is 0. The summed E-state index contributed by atoms with van der Waals surface area (Å²) in [5.41, 5.74) is 3.38. The summed E-state index contributed by atoms with van der Waals surface area (Å²) in [6.07, 6.45) is 2.52. The number of hydrogen-bond donors (Lipinski definition) is 0. The zero-order valence-corrected chi connectivity index (χ0v) is 7.16. The van der Waals surface area contributed by atoms with Crippen LogP contribution in [-0.2, 0) is 4.79 Å². The minimum atomic E-state index is -1.02. The smallest absolute Gasteiger partial charge is 0.131 e. The van der Waals surface area contributed by atoms with Crippen LogP contribution in [0.2, 0.25) is 0 Å². The average Bonchev–Trinajstić information content (AvgIpc) is 2.15. The van der Waals surface area contributed by atoms with Crippen molar-refractivity contribution in [3.63, 3.8) is 0 Å². The Balaban J connectivity index is 2.56. The molecule has 5 nitrogen and oxygen atoms in total. The Morgan fingerprint density at radius 2 is 2.00 bits per heavy atom. The van der Waals surface area contributed by atoms with Gasteiger partial charge in [-0.3, -0.25) is 10.1 Å². The van der Waals surface area contributed by atoms with E-state index in [0.29, 0.717) is 0 Å². The van der Waals surface area contributed by atoms with Gasteiger partial charge in [0.25, 0.3) is 0 Å². The SMILES string of the molecule is O=C(C=Cc1ccccc1)[N-][N+](=O)[O-]. The number of benzene rings is 1. The Bertz CT molecular complexity index is 360. The monoisotopic (exact) mass is 191 g/mol. The first kappa shape index (κ1) is 9.91. The molecule has 0 N–H and O–H groups in total. The summed E-state index contributed by atoms with van der Waals surface area (Å²) in [5.74, 6) is -0.876. The fourth-order valence-electron chi connectivity index (χ4n) is 0.845. The fraction of sp³-hybridized carbons (Fsp3) is 0. The van der Waals surface area contributed by atoms with E-state index in [1.807, 2.05) is 6.07 Å². The van der Waals surface area contributed by atoms with E-state index in [4.69, 9.17) is 0 Å². The highest BCUT2D eigenvalue weighted by atomic mass is 16.7. The molecule has 1 aromatic carbocycles. The quantitative estimate of drug-likeness (QED) is 0.415. The molecule has 0 spiro atoms. The molecule has 0 aliphatic rings. The van der Waals surface area contributed by atoms with Crippen LogP contribution in [0.15, 0.2) is 36.4 Å². The molecule has 1 aromatic rings. The minimum Gasteiger partial charge on any atom is -0.311 e. The van der Waals surface area contributed by atoms with Crippen LogP contribution in [0.3, 0.4) is 0 Å². The lowest BCUT2D eigenvalue weighted by molar-refractivity contribution is -0.419. The summed E-state index contributed by atoms with van der Waals surface area (Å²) in [6.45, 7) is 0. The van der Waals surface area contributed by atoms with Gasteiger partial charge >= 0.3 is 0 Å². The van der Waals surface area contributed by atoms with Crippen molar-refractivity contribution in [3.8, 4) is 0 Å². The molecule has 0 radical (unpaired) electrons. The molecule has 1 amide bonds. The topological polar surface area (TPSA) is 74.3 Å². The second-order valence-electron chi connectivity index (χ2n) is 2.42. The minimum absolute atomic E-state index is 0.791. The van der Waals surface area contributed by atoms with Gasteiger partial charge in [-0.15, -0.1) is 0 Å². The van der Waals surface area contributed by atoms with Crippen LogP contribution in [0.25, 0.3) is 11.5 Å². The highest BCUT2D eigenvalue weighted by Crippen LogP contribution is 2.02. The molecule has 0 aliphatic carbocycles. The zero-order valence-electron chi connectivity index (χ0n) is 7.16. The summed E-state index contributed by atoms with van der Waals surface area (Å²) in [6, 6.07) is 8.98. The molecule has 5 heteroatoms. The Hall–Kier alpha value is -2.17. The maximum absolute atomic E-state index is 10.7. The molecule has 0 fully saturated rings. The highest BCUT2D eigenvalue weighted by Gasteiger charge is 1.88. The van der Waals surface area contributed by atoms with Crippen LogP contribution >= 0.6 is 0 Å². The van der Waals surface area contributed by atoms with Gasteiger partial charge in [0.2, 0.25) is 0 Å². The highest BCUT2D eigenvalue weighted by molar-refractivity contribution is 5.99. The molecular formula is C9H7N2O3-. The number of rotatable bonds is 3. The molecule has 1 rings (SSSR count). The summed E-state index contributed by atoms with van der Waals surface area (Å²) in [4.78, 5) is 20.5. The van der Waals surface area contributed by atoms with E-state index < -0.39 is 10.9 Å². The molecule has 0 bridgehead atoms. The number of hydrogen-bond acceptors (Lipinski definition) is 3. The van der Waals surface area contributed by atoms with Gasteiger partial charge in [0.05, 0.1) is 0 Å². The van der Waals surface area contributed by atoms with Crippen molar-refractivity contribution in [2.75, 3.05) is 0 Å². The third-order valence-corrected chi connectivity index (χ3v) is 1.40. The van der Waals surface area contributed by atoms with Gasteiger partial charge in [-0.2, -0.15) is 0 Å². The fourth-order valence-corrected chi connectivity index (χ4v) is 0.845. The predicted octanol–water partition coefficient (Wildman–Crippen LogP) is 1.79. The molecule has 0 atom stereocenters. The van der Waals surface area contributed by atoms with Crippen molar-refractivity contribution in [1.29, 1.82) is 0 Å². The molecule has 0 aromatic heterocycles. The zero-order chi connectivity index (χ0) is 10.4. The third-order valence-electron chi connectivity index (χ3n) is 1.40. The van der Waals surface area contributed by atoms with Crippen molar-refractivity contribution in [1.82, 2.24) is 0 Å². The van der Waals surface area contributed by atoms with Crippen molar-refractivity contribution < 1.29 is 9.83 Å². The predicted molar refractivity (Wildman–Crippen MR) is 50.8 cm³/mol. The first-order valence-corrected chi connectivity index (χ1v) is 3.81. The average molecular weight is 191 g/mol. The van der Waals surface area contributed by atoms with Crippen LogP contribution in [0, 0.1) is 10.1 Å². The van der Waals surface area contributed by atoms with E-state index in [2.05, 4.69) is 5.43 Å². The summed E-state index contributed by atoms with van der Waals surface area (Å²) in [7, 11) is 0. The van der Waals surface area contributed by atoms with Crippen molar-refractivity contribution in [2.45, 2.75) is 0 Å². The van der Waals surface area contributed by atoms with Gasteiger partial charge in [-0.05, 0) is 16.7 Å². The summed E-state index contributed by atoms with van der Waals surface area (Å²) < 4.78 is 0. The van der Waals surface area contributed by atoms with Crippen LogP contribution in [0.4, 0.5) is 0 Å². The van der Waals surface area contributed by atoms with Crippen LogP contribution in [-0.4, -0.2) is 10.9 Å². The number of carbonyl (C=O) groups excluding carboxylic acids is 1. The van der Waals surface area contributed by atoms with Gasteiger partial charge in [0.1, 0.15) is 5.91 Å². The van der Waals surface area contributed by atoms with Crippen molar-refractivity contribution >= 4 is 12.0 Å². The molecule has 14 heavy (non-hydrogen) atoms. The number of carbonyl (C=O) groups is 1. The van der Waals surface area contributed by atoms with E-state index in [-0.39, 0.29) is 0 Å². The standard InChI is InChI=1S/C9H8N2O3/c12-9(10-11(13)14)7-6-8-4-2-1-3-5-8/h1-7H,(H,10,12)/p-1. The largest absolute Gasteiger partial charge is 0.311 e. The Kier molecular flexibility index (Phi) is 3.37. The van der Waals surface area contributed by atoms with Crippen LogP contribution in [0.5, 0.6) is 0 Å². The van der Waals surface area contributed by atoms with E-state index >= 15 is 0 Å². The van der Waals surface area contributed by atoms with Crippen LogP contribution < -0.4 is 0 Å². The van der Waals surface area contributed by atoms with E-state index in [1.165, 1.54) is 6.08 Å². The molecular weight excluding hydrogens is 184 g/mol. The Labute approximate surface area is 80.2 Å². The normalized spacial score (nSPS) is 10.0. The number of nitrogens with zero attached hydrogens (tertiary/aromatic N) is 2. The lowest BCUT2D eigenvalue weighted by Crippen LogP contribution is -1.98. The molecule has 0 unspecified atom stereocenters. The Morgan fingerprint density at radius 1 is 1.36 bits per heavy atom. The lowest BCUT2D eigenvalue weighted by atomic mass is 10.2. The molecule has 0 saturated carbocycles. The van der Waals surface area contributed by atoms with Gasteiger partial charge in [-0.1, -0.05) is 36.4 Å². The van der Waals surface area contributed by atoms with E-state index in [0.717, 1.165) is 11.6 Å². The number of nitro groups is 1. The van der Waals surface area contributed by atoms with E-state index in [1.54, 1.807) is 24.3 Å². The van der Waals surface area contributed by atoms with Gasteiger partial charge in [0.15, 0.2) is 0 Å². The van der Waals surface area contributed by atoms with Crippen LogP contribution in [0.1, 0.15) is 5.56 Å². The van der Waals surface area contributed by atoms with E-state index in [9.17, 15) is 14.9 Å². The maximum Gasteiger partial charge on any atom is 0.131 e. The third kappa shape index (κ3) is 3.48. The maximum atomic E-state index is 10.7. The molecule has 0 saturated heterocycles. The van der Waals surface area contributed by atoms with Crippen molar-refractivity contribution in [3.05, 3.63) is 57.5 Å². The lowest BCUT2D eigenvalue weighted by Gasteiger charge is -2.02. The van der Waals surface area contributed by atoms with Crippen molar-refractivity contribution in [2.24, 2.45) is 0 Å². The summed E-state index contributed by atoms with van der Waals surface area (Å²) in [5, 5.41) is 8.79. The first-order valence-electron chi connectivity index (χ1n) is 3.81. The second-order valence-corrected chi connectivity index (χ2v) is 2.42. The van der Waals surface area contributed by atoms with Gasteiger partial charge < -0.3 is 10.2 Å². The first-order chi connectivity index (χ1) is 6.68. The molecule has 0 aliphatic heterocycles.